The third-order valence-corrected chi connectivity index (χ3v) is 2.50. The summed E-state index contributed by atoms with van der Waals surface area (Å²) in [6, 6.07) is 1.18. The monoisotopic (exact) mass is 232 g/mol. The third kappa shape index (κ3) is 3.04. The van der Waals surface area contributed by atoms with Gasteiger partial charge < -0.3 is 10.4 Å². The van der Waals surface area contributed by atoms with Crippen molar-refractivity contribution >= 4 is 17.4 Å². The number of halogens is 2. The Labute approximate surface area is 93.3 Å². The van der Waals surface area contributed by atoms with E-state index in [2.05, 4.69) is 10.3 Å². The first-order valence-corrected chi connectivity index (χ1v) is 4.98. The number of pyridine rings is 1. The van der Waals surface area contributed by atoms with Gasteiger partial charge in [-0.2, -0.15) is 0 Å². The Hall–Kier alpha value is -0.870. The van der Waals surface area contributed by atoms with Gasteiger partial charge in [0.25, 0.3) is 0 Å². The molecule has 1 aromatic heterocycles. The standard InChI is InChI=1S/C10H14ClFN2O/c1-6(15)10(2,3)14-9-8(12)4-7(11)5-13-9/h4-6,15H,1-3H3,(H,13,14). The molecule has 0 saturated carbocycles. The molecule has 3 nitrogen and oxygen atoms in total. The molecule has 1 rings (SSSR count). The molecule has 0 radical (unpaired) electrons. The summed E-state index contributed by atoms with van der Waals surface area (Å²) < 4.78 is 13.4. The molecule has 84 valence electrons. The van der Waals surface area contributed by atoms with Gasteiger partial charge in [-0.3, -0.25) is 0 Å². The number of anilines is 1. The zero-order valence-corrected chi connectivity index (χ0v) is 9.64. The molecule has 5 heteroatoms. The first-order chi connectivity index (χ1) is 6.83. The molecular formula is C10H14ClFN2O. The van der Waals surface area contributed by atoms with Crippen LogP contribution in [-0.4, -0.2) is 21.7 Å². The number of aliphatic hydroxyl groups excluding tert-OH is 1. The average Bonchev–Trinajstić information content (AvgIpc) is 2.09. The van der Waals surface area contributed by atoms with E-state index in [1.807, 2.05) is 0 Å². The SMILES string of the molecule is CC(O)C(C)(C)Nc1ncc(Cl)cc1F. The molecule has 0 aliphatic rings. The maximum atomic E-state index is 13.4. The summed E-state index contributed by atoms with van der Waals surface area (Å²) in [7, 11) is 0. The molecule has 0 spiro atoms. The Bertz CT molecular complexity index is 355. The molecule has 0 bridgehead atoms. The number of aromatic nitrogens is 1. The molecule has 1 unspecified atom stereocenters. The van der Waals surface area contributed by atoms with Crippen molar-refractivity contribution in [3.63, 3.8) is 0 Å². The van der Waals surface area contributed by atoms with Crippen LogP contribution >= 0.6 is 11.6 Å². The van der Waals surface area contributed by atoms with E-state index in [1.165, 1.54) is 12.3 Å². The van der Waals surface area contributed by atoms with Crippen molar-refractivity contribution < 1.29 is 9.50 Å². The van der Waals surface area contributed by atoms with Gasteiger partial charge in [0.2, 0.25) is 0 Å². The van der Waals surface area contributed by atoms with E-state index < -0.39 is 17.5 Å². The summed E-state index contributed by atoms with van der Waals surface area (Å²) in [5.74, 6) is -0.443. The van der Waals surface area contributed by atoms with Crippen LogP contribution in [0.1, 0.15) is 20.8 Å². The van der Waals surface area contributed by atoms with Crippen LogP contribution in [0.4, 0.5) is 10.2 Å². The van der Waals surface area contributed by atoms with Crippen molar-refractivity contribution in [1.29, 1.82) is 0 Å². The Morgan fingerprint density at radius 3 is 2.67 bits per heavy atom. The fourth-order valence-electron chi connectivity index (χ4n) is 0.916. The predicted octanol–water partition coefficient (Wildman–Crippen LogP) is 2.45. The molecule has 0 aliphatic heterocycles. The van der Waals surface area contributed by atoms with Gasteiger partial charge in [-0.25, -0.2) is 9.37 Å². The van der Waals surface area contributed by atoms with E-state index in [1.54, 1.807) is 20.8 Å². The average molecular weight is 233 g/mol. The minimum absolute atomic E-state index is 0.0882. The zero-order chi connectivity index (χ0) is 11.6. The highest BCUT2D eigenvalue weighted by Crippen LogP contribution is 2.21. The number of aliphatic hydroxyl groups is 1. The van der Waals surface area contributed by atoms with Crippen LogP contribution in [0.3, 0.4) is 0 Å². The van der Waals surface area contributed by atoms with Crippen LogP contribution in [0.5, 0.6) is 0 Å². The first-order valence-electron chi connectivity index (χ1n) is 4.60. The maximum Gasteiger partial charge on any atom is 0.166 e. The topological polar surface area (TPSA) is 45.1 Å². The van der Waals surface area contributed by atoms with E-state index >= 15 is 0 Å². The molecule has 0 saturated heterocycles. The van der Waals surface area contributed by atoms with Crippen molar-refractivity contribution in [3.05, 3.63) is 23.1 Å². The fraction of sp³-hybridized carbons (Fsp3) is 0.500. The van der Waals surface area contributed by atoms with Crippen LogP contribution < -0.4 is 5.32 Å². The van der Waals surface area contributed by atoms with Crippen LogP contribution in [0.15, 0.2) is 12.3 Å². The number of hydrogen-bond acceptors (Lipinski definition) is 3. The maximum absolute atomic E-state index is 13.4. The van der Waals surface area contributed by atoms with Gasteiger partial charge in [0.15, 0.2) is 11.6 Å². The second-order valence-electron chi connectivity index (χ2n) is 4.01. The summed E-state index contributed by atoms with van der Waals surface area (Å²) in [5.41, 5.74) is -0.651. The normalized spacial score (nSPS) is 13.7. The number of nitrogens with one attached hydrogen (secondary N) is 1. The van der Waals surface area contributed by atoms with Crippen LogP contribution in [-0.2, 0) is 0 Å². The highest BCUT2D eigenvalue weighted by molar-refractivity contribution is 6.30. The highest BCUT2D eigenvalue weighted by Gasteiger charge is 2.25. The predicted molar refractivity (Wildman–Crippen MR) is 58.6 cm³/mol. The van der Waals surface area contributed by atoms with Crippen molar-refractivity contribution in [3.8, 4) is 0 Å². The molecule has 2 N–H and O–H groups in total. The minimum atomic E-state index is -0.651. The van der Waals surface area contributed by atoms with E-state index in [4.69, 9.17) is 11.6 Å². The largest absolute Gasteiger partial charge is 0.391 e. The smallest absolute Gasteiger partial charge is 0.166 e. The molecule has 0 fully saturated rings. The van der Waals surface area contributed by atoms with Crippen molar-refractivity contribution in [1.82, 2.24) is 4.98 Å². The lowest BCUT2D eigenvalue weighted by atomic mass is 9.99. The van der Waals surface area contributed by atoms with Crippen LogP contribution in [0.2, 0.25) is 5.02 Å². The van der Waals surface area contributed by atoms with Crippen molar-refractivity contribution in [2.75, 3.05) is 5.32 Å². The van der Waals surface area contributed by atoms with Gasteiger partial charge in [-0.15, -0.1) is 0 Å². The lowest BCUT2D eigenvalue weighted by Gasteiger charge is -2.29. The molecule has 1 atom stereocenters. The highest BCUT2D eigenvalue weighted by atomic mass is 35.5. The third-order valence-electron chi connectivity index (χ3n) is 2.29. The van der Waals surface area contributed by atoms with Crippen molar-refractivity contribution in [2.24, 2.45) is 0 Å². The molecule has 0 aliphatic carbocycles. The molecule has 15 heavy (non-hydrogen) atoms. The summed E-state index contributed by atoms with van der Waals surface area (Å²) in [4.78, 5) is 3.82. The van der Waals surface area contributed by atoms with Gasteiger partial charge in [0.05, 0.1) is 16.7 Å². The van der Waals surface area contributed by atoms with E-state index in [9.17, 15) is 9.50 Å². The Balaban J connectivity index is 2.90. The summed E-state index contributed by atoms with van der Waals surface area (Å²) in [6.07, 6.45) is 0.722. The molecule has 1 aromatic rings. The van der Waals surface area contributed by atoms with Crippen molar-refractivity contribution in [2.45, 2.75) is 32.4 Å². The fourth-order valence-corrected chi connectivity index (χ4v) is 1.06. The zero-order valence-electron chi connectivity index (χ0n) is 8.88. The number of hydrogen-bond donors (Lipinski definition) is 2. The molecule has 0 aromatic carbocycles. The summed E-state index contributed by atoms with van der Waals surface area (Å²) >= 11 is 5.57. The Kier molecular flexibility index (Phi) is 3.52. The molecular weight excluding hydrogens is 219 g/mol. The molecule has 0 amide bonds. The van der Waals surface area contributed by atoms with Gasteiger partial charge in [-0.05, 0) is 26.8 Å². The lowest BCUT2D eigenvalue weighted by molar-refractivity contribution is 0.132. The Morgan fingerprint density at radius 1 is 1.60 bits per heavy atom. The minimum Gasteiger partial charge on any atom is -0.391 e. The summed E-state index contributed by atoms with van der Waals surface area (Å²) in [6.45, 7) is 5.14. The number of nitrogens with zero attached hydrogens (tertiary/aromatic N) is 1. The summed E-state index contributed by atoms with van der Waals surface area (Å²) in [5, 5.41) is 12.5. The van der Waals surface area contributed by atoms with Gasteiger partial charge in [0, 0.05) is 6.20 Å². The second-order valence-corrected chi connectivity index (χ2v) is 4.44. The van der Waals surface area contributed by atoms with Gasteiger partial charge in [0.1, 0.15) is 0 Å². The van der Waals surface area contributed by atoms with Gasteiger partial charge >= 0.3 is 0 Å². The van der Waals surface area contributed by atoms with Crippen LogP contribution in [0, 0.1) is 5.82 Å². The Morgan fingerprint density at radius 2 is 2.20 bits per heavy atom. The molecule has 1 heterocycles. The van der Waals surface area contributed by atoms with E-state index in [-0.39, 0.29) is 10.8 Å². The van der Waals surface area contributed by atoms with E-state index in [0.717, 1.165) is 0 Å². The van der Waals surface area contributed by atoms with Gasteiger partial charge in [-0.1, -0.05) is 11.6 Å². The number of rotatable bonds is 3. The van der Waals surface area contributed by atoms with E-state index in [0.29, 0.717) is 0 Å². The first kappa shape index (κ1) is 12.2. The second kappa shape index (κ2) is 4.33. The lowest BCUT2D eigenvalue weighted by Crippen LogP contribution is -2.42. The quantitative estimate of drug-likeness (QED) is 0.842. The van der Waals surface area contributed by atoms with Crippen LogP contribution in [0.25, 0.3) is 0 Å².